The number of rotatable bonds is 4. The van der Waals surface area contributed by atoms with Crippen molar-refractivity contribution in [1.82, 2.24) is 4.98 Å². The van der Waals surface area contributed by atoms with Gasteiger partial charge in [0.25, 0.3) is 0 Å². The van der Waals surface area contributed by atoms with Gasteiger partial charge in [0, 0.05) is 24.8 Å². The molecule has 0 aromatic carbocycles. The first-order valence-corrected chi connectivity index (χ1v) is 7.59. The number of pyridine rings is 1. The van der Waals surface area contributed by atoms with Crippen molar-refractivity contribution in [2.75, 3.05) is 11.4 Å². The molecule has 0 radical (unpaired) electrons. The zero-order chi connectivity index (χ0) is 13.8. The summed E-state index contributed by atoms with van der Waals surface area (Å²) < 4.78 is 0. The second-order valence-electron chi connectivity index (χ2n) is 5.92. The molecule has 19 heavy (non-hydrogen) atoms. The first kappa shape index (κ1) is 14.3. The van der Waals surface area contributed by atoms with Crippen LogP contribution in [0.2, 0.25) is 0 Å². The van der Waals surface area contributed by atoms with Gasteiger partial charge in [-0.25, -0.2) is 4.98 Å². The van der Waals surface area contributed by atoms with Crippen molar-refractivity contribution < 1.29 is 0 Å². The van der Waals surface area contributed by atoms with Crippen molar-refractivity contribution in [3.63, 3.8) is 0 Å². The lowest BCUT2D eigenvalue weighted by molar-refractivity contribution is 0.446. The van der Waals surface area contributed by atoms with E-state index in [0.717, 1.165) is 13.0 Å². The van der Waals surface area contributed by atoms with E-state index in [1.54, 1.807) is 0 Å². The Hall–Kier alpha value is -1.09. The van der Waals surface area contributed by atoms with Gasteiger partial charge in [0.2, 0.25) is 0 Å². The van der Waals surface area contributed by atoms with E-state index in [1.165, 1.54) is 42.6 Å². The molecule has 1 fully saturated rings. The van der Waals surface area contributed by atoms with Crippen molar-refractivity contribution in [3.8, 4) is 0 Å². The zero-order valence-electron chi connectivity index (χ0n) is 12.5. The van der Waals surface area contributed by atoms with E-state index in [4.69, 9.17) is 10.7 Å². The van der Waals surface area contributed by atoms with Crippen LogP contribution in [-0.4, -0.2) is 23.6 Å². The Morgan fingerprint density at radius 3 is 2.89 bits per heavy atom. The normalized spacial score (nSPS) is 21.5. The maximum atomic E-state index is 5.86. The predicted molar refractivity (Wildman–Crippen MR) is 81.6 cm³/mol. The number of hydrogen-bond donors (Lipinski definition) is 1. The standard InChI is InChI=1S/C16H27N3/c1-4-15-7-5-6-8-19(15)16-12(2)9-14(11-18-16)10-13(3)17/h9,11,13,15H,4-8,10,17H2,1-3H3. The van der Waals surface area contributed by atoms with Gasteiger partial charge < -0.3 is 10.6 Å². The van der Waals surface area contributed by atoms with Gasteiger partial charge in [-0.1, -0.05) is 13.0 Å². The minimum absolute atomic E-state index is 0.199. The topological polar surface area (TPSA) is 42.2 Å². The van der Waals surface area contributed by atoms with E-state index in [9.17, 15) is 0 Å². The van der Waals surface area contributed by atoms with Crippen LogP contribution in [0.25, 0.3) is 0 Å². The molecular weight excluding hydrogens is 234 g/mol. The zero-order valence-corrected chi connectivity index (χ0v) is 12.5. The van der Waals surface area contributed by atoms with Gasteiger partial charge in [0.1, 0.15) is 5.82 Å². The molecule has 0 aliphatic carbocycles. The van der Waals surface area contributed by atoms with Gasteiger partial charge in [0.15, 0.2) is 0 Å². The van der Waals surface area contributed by atoms with Crippen LogP contribution in [-0.2, 0) is 6.42 Å². The molecule has 1 aromatic rings. The van der Waals surface area contributed by atoms with E-state index < -0.39 is 0 Å². The molecule has 1 aromatic heterocycles. The molecular formula is C16H27N3. The van der Waals surface area contributed by atoms with Crippen molar-refractivity contribution >= 4 is 5.82 Å². The molecule has 0 bridgehead atoms. The van der Waals surface area contributed by atoms with Gasteiger partial charge in [-0.3, -0.25) is 0 Å². The molecule has 2 N–H and O–H groups in total. The number of nitrogens with zero attached hydrogens (tertiary/aromatic N) is 2. The molecule has 1 aliphatic heterocycles. The van der Waals surface area contributed by atoms with Crippen LogP contribution >= 0.6 is 0 Å². The average molecular weight is 261 g/mol. The third-order valence-corrected chi connectivity index (χ3v) is 4.04. The quantitative estimate of drug-likeness (QED) is 0.906. The molecule has 0 spiro atoms. The summed E-state index contributed by atoms with van der Waals surface area (Å²) in [5.74, 6) is 1.18. The summed E-state index contributed by atoms with van der Waals surface area (Å²) in [6, 6.07) is 3.12. The Bertz CT molecular complexity index is 414. The van der Waals surface area contributed by atoms with Crippen molar-refractivity contribution in [3.05, 3.63) is 23.4 Å². The Morgan fingerprint density at radius 1 is 1.47 bits per heavy atom. The van der Waals surface area contributed by atoms with Gasteiger partial charge in [-0.2, -0.15) is 0 Å². The van der Waals surface area contributed by atoms with Crippen LogP contribution in [0.3, 0.4) is 0 Å². The Morgan fingerprint density at radius 2 is 2.26 bits per heavy atom. The van der Waals surface area contributed by atoms with Crippen LogP contribution in [0, 0.1) is 6.92 Å². The summed E-state index contributed by atoms with van der Waals surface area (Å²) in [4.78, 5) is 7.23. The minimum Gasteiger partial charge on any atom is -0.353 e. The van der Waals surface area contributed by atoms with Crippen molar-refractivity contribution in [2.24, 2.45) is 5.73 Å². The molecule has 106 valence electrons. The molecule has 2 rings (SSSR count). The van der Waals surface area contributed by atoms with Gasteiger partial charge in [0.05, 0.1) is 0 Å². The van der Waals surface area contributed by atoms with E-state index in [0.29, 0.717) is 6.04 Å². The van der Waals surface area contributed by atoms with Gasteiger partial charge in [-0.05, 0) is 57.1 Å². The fourth-order valence-electron chi connectivity index (χ4n) is 3.11. The molecule has 3 heteroatoms. The van der Waals surface area contributed by atoms with E-state index in [2.05, 4.69) is 24.8 Å². The molecule has 2 atom stereocenters. The lowest BCUT2D eigenvalue weighted by Crippen LogP contribution is -2.40. The number of piperidine rings is 1. The number of nitrogens with two attached hydrogens (primary N) is 1. The number of aryl methyl sites for hydroxylation is 1. The summed E-state index contributed by atoms with van der Waals surface area (Å²) in [5, 5.41) is 0. The Balaban J connectivity index is 2.19. The summed E-state index contributed by atoms with van der Waals surface area (Å²) >= 11 is 0. The largest absolute Gasteiger partial charge is 0.353 e. The summed E-state index contributed by atoms with van der Waals surface area (Å²) in [6.45, 7) is 7.65. The van der Waals surface area contributed by atoms with Gasteiger partial charge >= 0.3 is 0 Å². The van der Waals surface area contributed by atoms with Gasteiger partial charge in [-0.15, -0.1) is 0 Å². The van der Waals surface area contributed by atoms with Crippen LogP contribution in [0.1, 0.15) is 50.7 Å². The molecule has 1 aliphatic rings. The minimum atomic E-state index is 0.199. The Kier molecular flexibility index (Phi) is 4.81. The monoisotopic (exact) mass is 261 g/mol. The van der Waals surface area contributed by atoms with Crippen molar-refractivity contribution in [2.45, 2.75) is 65.0 Å². The van der Waals surface area contributed by atoms with Crippen LogP contribution < -0.4 is 10.6 Å². The summed E-state index contributed by atoms with van der Waals surface area (Å²) in [5.41, 5.74) is 8.40. The average Bonchev–Trinajstić information content (AvgIpc) is 2.38. The SMILES string of the molecule is CCC1CCCCN1c1ncc(CC(C)N)cc1C. The Labute approximate surface area is 117 Å². The fourth-order valence-corrected chi connectivity index (χ4v) is 3.11. The lowest BCUT2D eigenvalue weighted by Gasteiger charge is -2.37. The van der Waals surface area contributed by atoms with E-state index in [1.807, 2.05) is 13.1 Å². The summed E-state index contributed by atoms with van der Waals surface area (Å²) in [7, 11) is 0. The highest BCUT2D eigenvalue weighted by Crippen LogP contribution is 2.27. The highest BCUT2D eigenvalue weighted by molar-refractivity contribution is 5.48. The summed E-state index contributed by atoms with van der Waals surface area (Å²) in [6.07, 6.45) is 8.08. The molecule has 2 unspecified atom stereocenters. The lowest BCUT2D eigenvalue weighted by atomic mass is 9.99. The molecule has 1 saturated heterocycles. The first-order chi connectivity index (χ1) is 9.11. The first-order valence-electron chi connectivity index (χ1n) is 7.59. The maximum absolute atomic E-state index is 5.86. The molecule has 3 nitrogen and oxygen atoms in total. The number of anilines is 1. The maximum Gasteiger partial charge on any atom is 0.131 e. The van der Waals surface area contributed by atoms with Crippen LogP contribution in [0.15, 0.2) is 12.3 Å². The highest BCUT2D eigenvalue weighted by atomic mass is 15.2. The predicted octanol–water partition coefficient (Wildman–Crippen LogP) is 3.05. The third-order valence-electron chi connectivity index (χ3n) is 4.04. The third kappa shape index (κ3) is 3.47. The molecule has 0 amide bonds. The van der Waals surface area contributed by atoms with E-state index in [-0.39, 0.29) is 6.04 Å². The van der Waals surface area contributed by atoms with Crippen LogP contribution in [0.5, 0.6) is 0 Å². The van der Waals surface area contributed by atoms with Crippen molar-refractivity contribution in [1.29, 1.82) is 0 Å². The highest BCUT2D eigenvalue weighted by Gasteiger charge is 2.23. The van der Waals surface area contributed by atoms with E-state index >= 15 is 0 Å². The molecule has 0 saturated carbocycles. The molecule has 2 heterocycles. The van der Waals surface area contributed by atoms with Crippen LogP contribution in [0.4, 0.5) is 5.82 Å². The fraction of sp³-hybridized carbons (Fsp3) is 0.688. The number of hydrogen-bond acceptors (Lipinski definition) is 3. The second kappa shape index (κ2) is 6.38. The number of aromatic nitrogens is 1. The smallest absolute Gasteiger partial charge is 0.131 e. The second-order valence-corrected chi connectivity index (χ2v) is 5.92.